The van der Waals surface area contributed by atoms with E-state index in [1.54, 1.807) is 0 Å². The molecule has 1 aromatic heterocycles. The Hall–Kier alpha value is -4.13. The molecule has 7 heteroatoms. The number of aliphatic carboxylic acids is 1. The summed E-state index contributed by atoms with van der Waals surface area (Å²) in [6, 6.07) is 19.7. The van der Waals surface area contributed by atoms with E-state index in [1.807, 2.05) is 74.5 Å². The number of benzene rings is 2. The van der Waals surface area contributed by atoms with Gasteiger partial charge < -0.3 is 19.9 Å². The lowest BCUT2D eigenvalue weighted by Crippen LogP contribution is -2.37. The van der Waals surface area contributed by atoms with Gasteiger partial charge in [-0.05, 0) is 93.0 Å². The number of rotatable bonds is 14. The van der Waals surface area contributed by atoms with Crippen molar-refractivity contribution in [2.24, 2.45) is 5.41 Å². The topological polar surface area (TPSA) is 97.8 Å². The number of carboxylic acids is 1. The molecule has 1 aliphatic rings. The number of pyridine rings is 1. The van der Waals surface area contributed by atoms with Crippen LogP contribution in [0.25, 0.3) is 12.2 Å². The van der Waals surface area contributed by atoms with E-state index >= 15 is 0 Å². The number of nitrogens with zero attached hydrogens (tertiary/aromatic N) is 1. The van der Waals surface area contributed by atoms with Crippen LogP contribution in [0.2, 0.25) is 0 Å². The van der Waals surface area contributed by atoms with Crippen LogP contribution in [0.15, 0.2) is 60.7 Å². The van der Waals surface area contributed by atoms with Crippen molar-refractivity contribution < 1.29 is 24.2 Å². The Kier molecular flexibility index (Phi) is 11.2. The number of hydrogen-bond acceptors (Lipinski definition) is 5. The molecule has 2 N–H and O–H groups in total. The summed E-state index contributed by atoms with van der Waals surface area (Å²) in [5.74, 6) is 0.367. The molecule has 0 aliphatic heterocycles. The van der Waals surface area contributed by atoms with Gasteiger partial charge in [-0.25, -0.2) is 4.98 Å². The fourth-order valence-electron chi connectivity index (χ4n) is 5.40. The van der Waals surface area contributed by atoms with Gasteiger partial charge in [-0.3, -0.25) is 9.59 Å². The van der Waals surface area contributed by atoms with Gasteiger partial charge in [0.25, 0.3) is 0 Å². The highest BCUT2D eigenvalue weighted by Crippen LogP contribution is 2.40. The molecule has 1 heterocycles. The van der Waals surface area contributed by atoms with Crippen molar-refractivity contribution in [3.8, 4) is 11.6 Å². The average molecular weight is 571 g/mol. The van der Waals surface area contributed by atoms with Crippen LogP contribution in [0.4, 0.5) is 5.69 Å². The van der Waals surface area contributed by atoms with E-state index in [9.17, 15) is 14.7 Å². The molecule has 0 spiro atoms. The average Bonchev–Trinajstić information content (AvgIpc) is 2.98. The smallest absolute Gasteiger partial charge is 0.310 e. The first-order valence-electron chi connectivity index (χ1n) is 15.0. The van der Waals surface area contributed by atoms with Crippen LogP contribution in [0.3, 0.4) is 0 Å². The van der Waals surface area contributed by atoms with Crippen LogP contribution in [0.1, 0.15) is 80.7 Å². The number of unbranched alkanes of at least 4 members (excludes halogenated alkanes) is 1. The highest BCUT2D eigenvalue weighted by atomic mass is 16.5. The molecular weight excluding hydrogens is 528 g/mol. The summed E-state index contributed by atoms with van der Waals surface area (Å²) < 4.78 is 11.4. The molecule has 1 saturated carbocycles. The largest absolute Gasteiger partial charge is 0.494 e. The molecule has 4 rings (SSSR count). The number of nitrogens with one attached hydrogen (secondary N) is 1. The van der Waals surface area contributed by atoms with E-state index in [1.165, 1.54) is 5.56 Å². The second-order valence-electron chi connectivity index (χ2n) is 11.1. The fourth-order valence-corrected chi connectivity index (χ4v) is 5.40. The van der Waals surface area contributed by atoms with E-state index in [4.69, 9.17) is 9.47 Å². The third-order valence-corrected chi connectivity index (χ3v) is 7.82. The Morgan fingerprint density at radius 3 is 2.50 bits per heavy atom. The zero-order valence-corrected chi connectivity index (χ0v) is 24.7. The standard InChI is InChI=1S/C35H42N2O5/c1-3-41-30-17-14-27(15-18-30)10-5-8-23-42-33-20-13-26(2)31(37-33)19-16-28-11-9-12-29(24-28)36-32(38)25-35(34(39)40)21-6-4-7-22-35/h9,11-20,24H,3-8,10,21-23,25H2,1-2H3,(H,36,38)(H,39,40). The minimum absolute atomic E-state index is 0.000121. The lowest BCUT2D eigenvalue weighted by Gasteiger charge is -2.32. The number of carboxylic acid groups (broad SMARTS) is 1. The lowest BCUT2D eigenvalue weighted by molar-refractivity contribution is -0.153. The van der Waals surface area contributed by atoms with Crippen molar-refractivity contribution in [1.82, 2.24) is 4.98 Å². The van der Waals surface area contributed by atoms with Crippen LogP contribution < -0.4 is 14.8 Å². The Bertz CT molecular complexity index is 1360. The van der Waals surface area contributed by atoms with Crippen molar-refractivity contribution in [2.75, 3.05) is 18.5 Å². The first kappa shape index (κ1) is 30.8. The first-order chi connectivity index (χ1) is 20.4. The molecular formula is C35H42N2O5. The van der Waals surface area contributed by atoms with Crippen LogP contribution in [0.5, 0.6) is 11.6 Å². The molecule has 1 amide bonds. The molecule has 3 aromatic rings. The number of ether oxygens (including phenoxy) is 2. The second-order valence-corrected chi connectivity index (χ2v) is 11.1. The maximum atomic E-state index is 12.8. The highest BCUT2D eigenvalue weighted by molar-refractivity contribution is 5.94. The Morgan fingerprint density at radius 1 is 0.976 bits per heavy atom. The van der Waals surface area contributed by atoms with Crippen LogP contribution >= 0.6 is 0 Å². The fraction of sp³-hybridized carbons (Fsp3) is 0.400. The number of carbonyl (C=O) groups is 2. The number of aromatic nitrogens is 1. The highest BCUT2D eigenvalue weighted by Gasteiger charge is 2.41. The van der Waals surface area contributed by atoms with E-state index in [0.717, 1.165) is 61.1 Å². The summed E-state index contributed by atoms with van der Waals surface area (Å²) in [6.07, 6.45) is 10.7. The number of anilines is 1. The molecule has 42 heavy (non-hydrogen) atoms. The Labute approximate surface area is 249 Å². The maximum Gasteiger partial charge on any atom is 0.310 e. The second kappa shape index (κ2) is 15.2. The molecule has 0 saturated heterocycles. The summed E-state index contributed by atoms with van der Waals surface area (Å²) in [5.41, 5.74) is 3.73. The summed E-state index contributed by atoms with van der Waals surface area (Å²) in [6.45, 7) is 5.26. The molecule has 222 valence electrons. The van der Waals surface area contributed by atoms with Crippen LogP contribution in [0, 0.1) is 12.3 Å². The van der Waals surface area contributed by atoms with Gasteiger partial charge in [0, 0.05) is 18.2 Å². The van der Waals surface area contributed by atoms with Gasteiger partial charge in [-0.2, -0.15) is 0 Å². The zero-order valence-electron chi connectivity index (χ0n) is 24.7. The van der Waals surface area contributed by atoms with Crippen LogP contribution in [-0.4, -0.2) is 35.2 Å². The number of hydrogen-bond donors (Lipinski definition) is 2. The third kappa shape index (κ3) is 8.93. The van der Waals surface area contributed by atoms with Gasteiger partial charge >= 0.3 is 5.97 Å². The minimum atomic E-state index is -0.952. The third-order valence-electron chi connectivity index (χ3n) is 7.82. The lowest BCUT2D eigenvalue weighted by atomic mass is 9.71. The summed E-state index contributed by atoms with van der Waals surface area (Å²) in [5, 5.41) is 12.7. The van der Waals surface area contributed by atoms with E-state index in [2.05, 4.69) is 22.4 Å². The SMILES string of the molecule is CCOc1ccc(CCCCOc2ccc(C)c(C=Cc3cccc(NC(=O)CC4(C(=O)O)CCCCC4)c3)n2)cc1. The number of aryl methyl sites for hydroxylation is 2. The van der Waals surface area contributed by atoms with Gasteiger partial charge in [0.05, 0.1) is 24.3 Å². The van der Waals surface area contributed by atoms with E-state index < -0.39 is 11.4 Å². The molecule has 0 bridgehead atoms. The molecule has 0 unspecified atom stereocenters. The minimum Gasteiger partial charge on any atom is -0.494 e. The van der Waals surface area contributed by atoms with E-state index in [-0.39, 0.29) is 12.3 Å². The first-order valence-corrected chi connectivity index (χ1v) is 15.0. The van der Waals surface area contributed by atoms with Gasteiger partial charge in [0.1, 0.15) is 5.75 Å². The number of carbonyl (C=O) groups excluding carboxylic acids is 1. The van der Waals surface area contributed by atoms with Gasteiger partial charge in [0.15, 0.2) is 0 Å². The molecule has 7 nitrogen and oxygen atoms in total. The van der Waals surface area contributed by atoms with Crippen molar-refractivity contribution in [3.05, 3.63) is 83.0 Å². The van der Waals surface area contributed by atoms with Crippen molar-refractivity contribution in [1.29, 1.82) is 0 Å². The Balaban J connectivity index is 1.28. The van der Waals surface area contributed by atoms with Crippen molar-refractivity contribution in [2.45, 2.75) is 71.6 Å². The summed E-state index contributed by atoms with van der Waals surface area (Å²) >= 11 is 0. The Morgan fingerprint density at radius 2 is 1.76 bits per heavy atom. The monoisotopic (exact) mass is 570 g/mol. The predicted molar refractivity (Wildman–Crippen MR) is 167 cm³/mol. The maximum absolute atomic E-state index is 12.8. The van der Waals surface area contributed by atoms with Gasteiger partial charge in [-0.15, -0.1) is 0 Å². The predicted octanol–water partition coefficient (Wildman–Crippen LogP) is 7.72. The van der Waals surface area contributed by atoms with E-state index in [0.29, 0.717) is 37.6 Å². The summed E-state index contributed by atoms with van der Waals surface area (Å²) in [4.78, 5) is 29.4. The quantitative estimate of drug-likeness (QED) is 0.193. The zero-order chi connectivity index (χ0) is 29.8. The van der Waals surface area contributed by atoms with Crippen LogP contribution in [-0.2, 0) is 16.0 Å². The summed E-state index contributed by atoms with van der Waals surface area (Å²) in [7, 11) is 0. The molecule has 1 fully saturated rings. The molecule has 0 radical (unpaired) electrons. The number of amides is 1. The normalized spacial score (nSPS) is 14.4. The van der Waals surface area contributed by atoms with Crippen molar-refractivity contribution >= 4 is 29.7 Å². The molecule has 2 aromatic carbocycles. The van der Waals surface area contributed by atoms with Gasteiger partial charge in [0.2, 0.25) is 11.8 Å². The molecule has 1 aliphatic carbocycles. The molecule has 0 atom stereocenters. The van der Waals surface area contributed by atoms with Crippen molar-refractivity contribution in [3.63, 3.8) is 0 Å². The van der Waals surface area contributed by atoms with Gasteiger partial charge in [-0.1, -0.05) is 55.7 Å².